The van der Waals surface area contributed by atoms with E-state index in [-0.39, 0.29) is 38.0 Å². The van der Waals surface area contributed by atoms with Crippen LogP contribution in [0.15, 0.2) is 134 Å². The molecule has 0 amide bonds. The number of unbranched alkanes of at least 4 members (excludes halogenated alkanes) is 9. The molecule has 0 aliphatic rings. The summed E-state index contributed by atoms with van der Waals surface area (Å²) in [4.78, 5) is 37.7. The number of rotatable bonds is 38. The summed E-state index contributed by atoms with van der Waals surface area (Å²) in [6.07, 6.45) is 64.5. The quantitative estimate of drug-likeness (QED) is 0.0203. The third-order valence-corrected chi connectivity index (χ3v) is 8.76. The molecule has 1 unspecified atom stereocenters. The van der Waals surface area contributed by atoms with Crippen molar-refractivity contribution in [2.75, 3.05) is 13.2 Å². The van der Waals surface area contributed by atoms with E-state index in [0.717, 1.165) is 70.6 Å². The van der Waals surface area contributed by atoms with Crippen LogP contribution in [0.3, 0.4) is 0 Å². The summed E-state index contributed by atoms with van der Waals surface area (Å²) in [6.45, 7) is 6.17. The summed E-state index contributed by atoms with van der Waals surface area (Å²) in [5.74, 6) is -1.13. The minimum atomic E-state index is -0.851. The lowest BCUT2D eigenvalue weighted by Crippen LogP contribution is -2.30. The summed E-state index contributed by atoms with van der Waals surface area (Å²) >= 11 is 0. The maximum atomic E-state index is 12.7. The standard InChI is InChI=1S/C53H80O6/c1-4-7-10-13-16-19-22-25-26-27-29-31-34-37-40-43-46-52(55)58-49-50(48-57-51(54)45-42-39-36-33-30-24-21-18-15-12-9-6-3)59-53(56)47-44-41-38-35-32-28-23-20-17-14-11-8-5-2/h7-8,10-11,14,16-21,23,25-26,28-29,31-32,35,37-38,40,50H,4-6,9,12-13,15,22,24,27,30,33-34,36,39,41-49H2,1-3H3/b10-7-,11-8-,17-14-,19-16-,21-18-,23-20-,26-25-,31-29-,32-28-,38-35-,40-37-. The fourth-order valence-electron chi connectivity index (χ4n) is 5.40. The molecular weight excluding hydrogens is 733 g/mol. The van der Waals surface area contributed by atoms with Gasteiger partial charge in [-0.25, -0.2) is 0 Å². The highest BCUT2D eigenvalue weighted by Crippen LogP contribution is 2.11. The van der Waals surface area contributed by atoms with Crippen molar-refractivity contribution in [3.8, 4) is 0 Å². The van der Waals surface area contributed by atoms with Gasteiger partial charge in [0.05, 0.1) is 0 Å². The Morgan fingerprint density at radius 3 is 1.37 bits per heavy atom. The van der Waals surface area contributed by atoms with Gasteiger partial charge in [0.1, 0.15) is 13.2 Å². The number of ether oxygens (including phenoxy) is 3. The molecule has 6 heteroatoms. The number of carbonyl (C=O) groups excluding carboxylic acids is 3. The van der Waals surface area contributed by atoms with E-state index in [2.05, 4.69) is 87.6 Å². The van der Waals surface area contributed by atoms with Crippen LogP contribution < -0.4 is 0 Å². The number of esters is 3. The number of carbonyl (C=O) groups is 3. The van der Waals surface area contributed by atoms with Gasteiger partial charge in [-0.3, -0.25) is 14.4 Å². The van der Waals surface area contributed by atoms with E-state index in [1.807, 2.05) is 66.8 Å². The van der Waals surface area contributed by atoms with E-state index < -0.39 is 12.1 Å². The third-order valence-electron chi connectivity index (χ3n) is 8.76. The molecule has 0 bridgehead atoms. The van der Waals surface area contributed by atoms with Crippen LogP contribution in [0.2, 0.25) is 0 Å². The van der Waals surface area contributed by atoms with Crippen molar-refractivity contribution in [2.45, 2.75) is 168 Å². The minimum Gasteiger partial charge on any atom is -0.462 e. The van der Waals surface area contributed by atoms with Gasteiger partial charge in [-0.2, -0.15) is 0 Å². The molecule has 0 spiro atoms. The lowest BCUT2D eigenvalue weighted by atomic mass is 10.1. The van der Waals surface area contributed by atoms with E-state index in [9.17, 15) is 14.4 Å². The van der Waals surface area contributed by atoms with Gasteiger partial charge < -0.3 is 14.2 Å². The lowest BCUT2D eigenvalue weighted by Gasteiger charge is -2.18. The minimum absolute atomic E-state index is 0.139. The molecule has 0 N–H and O–H groups in total. The van der Waals surface area contributed by atoms with Crippen LogP contribution in [0.1, 0.15) is 162 Å². The normalized spacial score (nSPS) is 13.3. The van der Waals surface area contributed by atoms with E-state index in [1.165, 1.54) is 32.1 Å². The fourth-order valence-corrected chi connectivity index (χ4v) is 5.40. The SMILES string of the molecule is CC\C=C/C=C\C=C/C=C\C=C/CCCC(=O)OC(COC(=O)CC/C=C\C/C=C\C/C=C\C/C=C\C/C=C\CC)COC(=O)CCCCCCC/C=C\CCCCC. The van der Waals surface area contributed by atoms with E-state index in [4.69, 9.17) is 14.2 Å². The Morgan fingerprint density at radius 1 is 0.373 bits per heavy atom. The van der Waals surface area contributed by atoms with Gasteiger partial charge in [-0.15, -0.1) is 0 Å². The summed E-state index contributed by atoms with van der Waals surface area (Å²) in [5.41, 5.74) is 0. The molecule has 0 saturated heterocycles. The first-order valence-corrected chi connectivity index (χ1v) is 22.8. The van der Waals surface area contributed by atoms with Crippen LogP contribution in [0, 0.1) is 0 Å². The molecule has 0 aromatic heterocycles. The van der Waals surface area contributed by atoms with Crippen LogP contribution in [0.25, 0.3) is 0 Å². The monoisotopic (exact) mass is 813 g/mol. The Balaban J connectivity index is 4.65. The van der Waals surface area contributed by atoms with E-state index in [0.29, 0.717) is 25.7 Å². The highest BCUT2D eigenvalue weighted by atomic mass is 16.6. The molecule has 0 fully saturated rings. The molecule has 0 radical (unpaired) electrons. The third kappa shape index (κ3) is 44.5. The Kier molecular flexibility index (Phi) is 42.8. The zero-order valence-corrected chi connectivity index (χ0v) is 37.2. The number of hydrogen-bond acceptors (Lipinski definition) is 6. The van der Waals surface area contributed by atoms with Crippen LogP contribution in [-0.4, -0.2) is 37.2 Å². The molecule has 0 aliphatic carbocycles. The lowest BCUT2D eigenvalue weighted by molar-refractivity contribution is -0.166. The van der Waals surface area contributed by atoms with Crippen molar-refractivity contribution in [1.29, 1.82) is 0 Å². The van der Waals surface area contributed by atoms with Crippen molar-refractivity contribution in [3.63, 3.8) is 0 Å². The second-order valence-corrected chi connectivity index (χ2v) is 14.3. The molecule has 0 saturated carbocycles. The first kappa shape index (κ1) is 54.6. The summed E-state index contributed by atoms with van der Waals surface area (Å²) in [7, 11) is 0. The number of hydrogen-bond donors (Lipinski definition) is 0. The molecule has 6 nitrogen and oxygen atoms in total. The van der Waals surface area contributed by atoms with Gasteiger partial charge in [-0.05, 0) is 89.9 Å². The average molecular weight is 813 g/mol. The van der Waals surface area contributed by atoms with Gasteiger partial charge in [0, 0.05) is 19.3 Å². The largest absolute Gasteiger partial charge is 0.462 e. The Bertz CT molecular complexity index is 1350. The van der Waals surface area contributed by atoms with Crippen molar-refractivity contribution >= 4 is 17.9 Å². The molecule has 0 aromatic carbocycles. The first-order valence-electron chi connectivity index (χ1n) is 22.8. The van der Waals surface area contributed by atoms with Gasteiger partial charge in [0.25, 0.3) is 0 Å². The summed E-state index contributed by atoms with van der Waals surface area (Å²) in [5, 5.41) is 0. The summed E-state index contributed by atoms with van der Waals surface area (Å²) in [6, 6.07) is 0. The Hall–Kier alpha value is -4.45. The van der Waals surface area contributed by atoms with Gasteiger partial charge in [0.2, 0.25) is 0 Å². The maximum Gasteiger partial charge on any atom is 0.306 e. The van der Waals surface area contributed by atoms with Crippen LogP contribution in [-0.2, 0) is 28.6 Å². The van der Waals surface area contributed by atoms with Crippen molar-refractivity contribution in [3.05, 3.63) is 134 Å². The topological polar surface area (TPSA) is 78.9 Å². The predicted octanol–water partition coefficient (Wildman–Crippen LogP) is 14.7. The highest BCUT2D eigenvalue weighted by Gasteiger charge is 2.19. The molecule has 328 valence electrons. The van der Waals surface area contributed by atoms with E-state index >= 15 is 0 Å². The van der Waals surface area contributed by atoms with Gasteiger partial charge >= 0.3 is 17.9 Å². The van der Waals surface area contributed by atoms with Gasteiger partial charge in [-0.1, -0.05) is 187 Å². The summed E-state index contributed by atoms with van der Waals surface area (Å²) < 4.78 is 16.6. The van der Waals surface area contributed by atoms with Gasteiger partial charge in [0.15, 0.2) is 6.10 Å². The second kappa shape index (κ2) is 46.2. The fraction of sp³-hybridized carbons (Fsp3) is 0.528. The molecular formula is C53H80O6. The van der Waals surface area contributed by atoms with Crippen molar-refractivity contribution in [2.24, 2.45) is 0 Å². The van der Waals surface area contributed by atoms with Crippen LogP contribution in [0.5, 0.6) is 0 Å². The second-order valence-electron chi connectivity index (χ2n) is 14.3. The van der Waals surface area contributed by atoms with Crippen LogP contribution >= 0.6 is 0 Å². The molecule has 0 aliphatic heterocycles. The Morgan fingerprint density at radius 2 is 0.797 bits per heavy atom. The molecule has 0 rings (SSSR count). The highest BCUT2D eigenvalue weighted by molar-refractivity contribution is 5.71. The molecule has 0 aromatic rings. The van der Waals surface area contributed by atoms with Crippen molar-refractivity contribution in [1.82, 2.24) is 0 Å². The zero-order chi connectivity index (χ0) is 43.0. The predicted molar refractivity (Wildman–Crippen MR) is 251 cm³/mol. The zero-order valence-electron chi connectivity index (χ0n) is 37.2. The number of allylic oxidation sites excluding steroid dienone is 22. The molecule has 0 heterocycles. The smallest absolute Gasteiger partial charge is 0.306 e. The molecule has 59 heavy (non-hydrogen) atoms. The molecule has 1 atom stereocenters. The average Bonchev–Trinajstić information content (AvgIpc) is 3.23. The van der Waals surface area contributed by atoms with E-state index in [1.54, 1.807) is 0 Å². The Labute approximate surface area is 360 Å². The maximum absolute atomic E-state index is 12.7. The van der Waals surface area contributed by atoms with Crippen LogP contribution in [0.4, 0.5) is 0 Å². The first-order chi connectivity index (χ1) is 29.0. The van der Waals surface area contributed by atoms with Crippen molar-refractivity contribution < 1.29 is 28.6 Å².